The third-order valence-corrected chi connectivity index (χ3v) is 3.28. The summed E-state index contributed by atoms with van der Waals surface area (Å²) >= 11 is 0. The van der Waals surface area contributed by atoms with Crippen molar-refractivity contribution < 1.29 is 4.79 Å². The molecule has 0 bridgehead atoms. The van der Waals surface area contributed by atoms with Crippen LogP contribution < -0.4 is 5.32 Å². The lowest BCUT2D eigenvalue weighted by Gasteiger charge is -2.08. The fourth-order valence-corrected chi connectivity index (χ4v) is 2.30. The van der Waals surface area contributed by atoms with Gasteiger partial charge in [0.15, 0.2) is 0 Å². The van der Waals surface area contributed by atoms with Crippen molar-refractivity contribution in [2.75, 3.05) is 0 Å². The maximum absolute atomic E-state index is 11.5. The number of amidine groups is 1. The SMILES string of the molecule is CC1CCC(C2=NC(C)(C)C(=O)N2)C1. The van der Waals surface area contributed by atoms with E-state index in [0.29, 0.717) is 5.92 Å². The Morgan fingerprint density at radius 1 is 1.43 bits per heavy atom. The summed E-state index contributed by atoms with van der Waals surface area (Å²) in [5.74, 6) is 2.26. The molecule has 1 aliphatic carbocycles. The van der Waals surface area contributed by atoms with Gasteiger partial charge < -0.3 is 5.32 Å². The first kappa shape index (κ1) is 9.69. The molecule has 1 N–H and O–H groups in total. The van der Waals surface area contributed by atoms with E-state index in [2.05, 4.69) is 17.2 Å². The van der Waals surface area contributed by atoms with Crippen LogP contribution in [-0.2, 0) is 4.79 Å². The highest BCUT2D eigenvalue weighted by Gasteiger charge is 2.38. The quantitative estimate of drug-likeness (QED) is 0.678. The Bertz CT molecular complexity index is 294. The topological polar surface area (TPSA) is 41.5 Å². The van der Waals surface area contributed by atoms with Crippen LogP contribution in [0.2, 0.25) is 0 Å². The van der Waals surface area contributed by atoms with Crippen LogP contribution in [0.3, 0.4) is 0 Å². The average Bonchev–Trinajstić information content (AvgIpc) is 2.58. The van der Waals surface area contributed by atoms with E-state index in [9.17, 15) is 4.79 Å². The van der Waals surface area contributed by atoms with Gasteiger partial charge in [0, 0.05) is 5.92 Å². The number of nitrogens with zero attached hydrogens (tertiary/aromatic N) is 1. The lowest BCUT2D eigenvalue weighted by molar-refractivity contribution is -0.122. The normalized spacial score (nSPS) is 35.6. The Kier molecular flexibility index (Phi) is 2.13. The summed E-state index contributed by atoms with van der Waals surface area (Å²) < 4.78 is 0. The highest BCUT2D eigenvalue weighted by Crippen LogP contribution is 2.33. The predicted octanol–water partition coefficient (Wildman–Crippen LogP) is 1.73. The zero-order valence-corrected chi connectivity index (χ0v) is 9.13. The number of carbonyl (C=O) groups excluding carboxylic acids is 1. The van der Waals surface area contributed by atoms with Gasteiger partial charge in [0.25, 0.3) is 5.91 Å². The van der Waals surface area contributed by atoms with Crippen LogP contribution in [0.4, 0.5) is 0 Å². The molecule has 3 heteroatoms. The van der Waals surface area contributed by atoms with E-state index in [1.165, 1.54) is 19.3 Å². The summed E-state index contributed by atoms with van der Waals surface area (Å²) in [4.78, 5) is 16.0. The predicted molar refractivity (Wildman–Crippen MR) is 56.2 cm³/mol. The van der Waals surface area contributed by atoms with Crippen molar-refractivity contribution in [2.24, 2.45) is 16.8 Å². The first-order chi connectivity index (χ1) is 6.49. The van der Waals surface area contributed by atoms with Gasteiger partial charge in [-0.3, -0.25) is 9.79 Å². The van der Waals surface area contributed by atoms with E-state index in [4.69, 9.17) is 0 Å². The molecule has 1 heterocycles. The molecule has 14 heavy (non-hydrogen) atoms. The molecule has 3 nitrogen and oxygen atoms in total. The second kappa shape index (κ2) is 3.07. The van der Waals surface area contributed by atoms with Gasteiger partial charge in [-0.1, -0.05) is 6.92 Å². The van der Waals surface area contributed by atoms with Crippen LogP contribution in [0.25, 0.3) is 0 Å². The molecule has 2 atom stereocenters. The minimum atomic E-state index is -0.541. The second-order valence-electron chi connectivity index (χ2n) is 5.13. The Labute approximate surface area is 85.0 Å². The van der Waals surface area contributed by atoms with Crippen LogP contribution in [0, 0.1) is 11.8 Å². The van der Waals surface area contributed by atoms with Crippen molar-refractivity contribution in [3.8, 4) is 0 Å². The molecule has 0 aromatic rings. The van der Waals surface area contributed by atoms with E-state index in [1.807, 2.05) is 13.8 Å². The van der Waals surface area contributed by atoms with Gasteiger partial charge in [-0.15, -0.1) is 0 Å². The van der Waals surface area contributed by atoms with Crippen LogP contribution in [0.5, 0.6) is 0 Å². The first-order valence-corrected chi connectivity index (χ1v) is 5.40. The van der Waals surface area contributed by atoms with Gasteiger partial charge in [0.1, 0.15) is 11.4 Å². The van der Waals surface area contributed by atoms with Crippen LogP contribution in [0.1, 0.15) is 40.0 Å². The standard InChI is InChI=1S/C11H18N2O/c1-7-4-5-8(6-7)9-12-10(14)11(2,3)13-9/h7-8H,4-6H2,1-3H3,(H,12,13,14). The molecule has 1 saturated carbocycles. The maximum atomic E-state index is 11.5. The Morgan fingerprint density at radius 3 is 2.57 bits per heavy atom. The Hall–Kier alpha value is -0.860. The minimum absolute atomic E-state index is 0.0482. The van der Waals surface area contributed by atoms with Gasteiger partial charge >= 0.3 is 0 Å². The first-order valence-electron chi connectivity index (χ1n) is 5.40. The van der Waals surface area contributed by atoms with E-state index >= 15 is 0 Å². The molecule has 78 valence electrons. The third kappa shape index (κ3) is 1.56. The van der Waals surface area contributed by atoms with E-state index < -0.39 is 5.54 Å². The fourth-order valence-electron chi connectivity index (χ4n) is 2.30. The molecule has 0 saturated heterocycles. The number of hydrogen-bond acceptors (Lipinski definition) is 2. The number of aliphatic imine (C=N–C) groups is 1. The summed E-state index contributed by atoms with van der Waals surface area (Å²) in [5.41, 5.74) is -0.541. The Balaban J connectivity index is 2.11. The number of carbonyl (C=O) groups is 1. The summed E-state index contributed by atoms with van der Waals surface area (Å²) in [6, 6.07) is 0. The zero-order chi connectivity index (χ0) is 10.3. The third-order valence-electron chi connectivity index (χ3n) is 3.28. The molecule has 2 aliphatic rings. The average molecular weight is 194 g/mol. The van der Waals surface area contributed by atoms with Crippen molar-refractivity contribution in [3.63, 3.8) is 0 Å². The molecule has 2 rings (SSSR count). The molecule has 1 aliphatic heterocycles. The lowest BCUT2D eigenvalue weighted by atomic mass is 10.1. The smallest absolute Gasteiger partial charge is 0.252 e. The number of amides is 1. The lowest BCUT2D eigenvalue weighted by Crippen LogP contribution is -2.36. The Morgan fingerprint density at radius 2 is 2.14 bits per heavy atom. The van der Waals surface area contributed by atoms with Crippen molar-refractivity contribution in [1.29, 1.82) is 0 Å². The molecule has 1 amide bonds. The summed E-state index contributed by atoms with van der Waals surface area (Å²) in [7, 11) is 0. The maximum Gasteiger partial charge on any atom is 0.252 e. The van der Waals surface area contributed by atoms with Gasteiger partial charge in [0.2, 0.25) is 0 Å². The van der Waals surface area contributed by atoms with E-state index in [0.717, 1.165) is 11.8 Å². The highest BCUT2D eigenvalue weighted by atomic mass is 16.2. The number of hydrogen-bond donors (Lipinski definition) is 1. The minimum Gasteiger partial charge on any atom is -0.312 e. The number of nitrogens with one attached hydrogen (secondary N) is 1. The molecule has 2 unspecified atom stereocenters. The van der Waals surface area contributed by atoms with E-state index in [-0.39, 0.29) is 5.91 Å². The van der Waals surface area contributed by atoms with Crippen molar-refractivity contribution in [3.05, 3.63) is 0 Å². The number of rotatable bonds is 1. The fraction of sp³-hybridized carbons (Fsp3) is 0.818. The second-order valence-corrected chi connectivity index (χ2v) is 5.13. The van der Waals surface area contributed by atoms with Gasteiger partial charge in [-0.25, -0.2) is 0 Å². The van der Waals surface area contributed by atoms with Crippen LogP contribution in [-0.4, -0.2) is 17.3 Å². The largest absolute Gasteiger partial charge is 0.312 e. The van der Waals surface area contributed by atoms with Crippen LogP contribution in [0.15, 0.2) is 4.99 Å². The van der Waals surface area contributed by atoms with Gasteiger partial charge in [-0.05, 0) is 39.0 Å². The molecule has 0 aromatic carbocycles. The van der Waals surface area contributed by atoms with E-state index in [1.54, 1.807) is 0 Å². The van der Waals surface area contributed by atoms with Crippen molar-refractivity contribution in [2.45, 2.75) is 45.6 Å². The molecule has 0 spiro atoms. The molecule has 0 radical (unpaired) electrons. The molecule has 0 aromatic heterocycles. The molecular formula is C11H18N2O. The summed E-state index contributed by atoms with van der Waals surface area (Å²) in [5, 5.41) is 2.92. The molecular weight excluding hydrogens is 176 g/mol. The van der Waals surface area contributed by atoms with Crippen molar-refractivity contribution >= 4 is 11.7 Å². The monoisotopic (exact) mass is 194 g/mol. The highest BCUT2D eigenvalue weighted by molar-refractivity contribution is 6.08. The summed E-state index contributed by atoms with van der Waals surface area (Å²) in [6.45, 7) is 6.00. The van der Waals surface area contributed by atoms with Gasteiger partial charge in [0.05, 0.1) is 0 Å². The van der Waals surface area contributed by atoms with Crippen LogP contribution >= 0.6 is 0 Å². The molecule has 1 fully saturated rings. The zero-order valence-electron chi connectivity index (χ0n) is 9.13. The van der Waals surface area contributed by atoms with Gasteiger partial charge in [-0.2, -0.15) is 0 Å². The van der Waals surface area contributed by atoms with Crippen molar-refractivity contribution in [1.82, 2.24) is 5.32 Å². The summed E-state index contributed by atoms with van der Waals surface area (Å²) in [6.07, 6.45) is 3.62.